The number of nitrogens with zero attached hydrogens (tertiary/aromatic N) is 3. The standard InChI is InChI=1S/C15H19BrN4/c1-3-20(4-2)15-6-5-12(9-19-15)8-18-14-7-13(16)10-17-11-14/h5-7,9-11,18H,3-4,8H2,1-2H3. The highest BCUT2D eigenvalue weighted by molar-refractivity contribution is 9.10. The first-order chi connectivity index (χ1) is 9.72. The molecule has 2 aromatic rings. The van der Waals surface area contributed by atoms with Crippen molar-refractivity contribution in [1.82, 2.24) is 9.97 Å². The Hall–Kier alpha value is -1.62. The summed E-state index contributed by atoms with van der Waals surface area (Å²) in [5, 5.41) is 3.33. The van der Waals surface area contributed by atoms with Gasteiger partial charge in [-0.1, -0.05) is 6.07 Å². The average Bonchev–Trinajstić information content (AvgIpc) is 2.48. The summed E-state index contributed by atoms with van der Waals surface area (Å²) in [5.74, 6) is 1.03. The van der Waals surface area contributed by atoms with Crippen molar-refractivity contribution in [3.05, 3.63) is 46.8 Å². The second-order valence-corrected chi connectivity index (χ2v) is 5.36. The highest BCUT2D eigenvalue weighted by atomic mass is 79.9. The van der Waals surface area contributed by atoms with Crippen molar-refractivity contribution in [3.63, 3.8) is 0 Å². The van der Waals surface area contributed by atoms with Crippen LogP contribution in [0.5, 0.6) is 0 Å². The number of aromatic nitrogens is 2. The quantitative estimate of drug-likeness (QED) is 0.874. The van der Waals surface area contributed by atoms with Crippen LogP contribution in [0.25, 0.3) is 0 Å². The molecule has 0 spiro atoms. The fourth-order valence-corrected chi connectivity index (χ4v) is 2.33. The Balaban J connectivity index is 1.97. The van der Waals surface area contributed by atoms with Gasteiger partial charge in [-0.25, -0.2) is 4.98 Å². The molecule has 0 saturated carbocycles. The third-order valence-corrected chi connectivity index (χ3v) is 3.53. The van der Waals surface area contributed by atoms with E-state index >= 15 is 0 Å². The molecule has 20 heavy (non-hydrogen) atoms. The van der Waals surface area contributed by atoms with Crippen molar-refractivity contribution in [2.45, 2.75) is 20.4 Å². The van der Waals surface area contributed by atoms with E-state index in [1.807, 2.05) is 18.5 Å². The number of hydrogen-bond acceptors (Lipinski definition) is 4. The van der Waals surface area contributed by atoms with E-state index in [4.69, 9.17) is 0 Å². The van der Waals surface area contributed by atoms with E-state index in [-0.39, 0.29) is 0 Å². The minimum atomic E-state index is 0.740. The Morgan fingerprint density at radius 2 is 1.95 bits per heavy atom. The molecule has 2 rings (SSSR count). The van der Waals surface area contributed by atoms with Crippen LogP contribution in [0.3, 0.4) is 0 Å². The van der Waals surface area contributed by atoms with E-state index in [2.05, 4.69) is 62.1 Å². The molecule has 2 heterocycles. The molecule has 0 radical (unpaired) electrons. The Kier molecular flexibility index (Phi) is 5.35. The van der Waals surface area contributed by atoms with Gasteiger partial charge in [-0.05, 0) is 47.5 Å². The molecule has 0 fully saturated rings. The van der Waals surface area contributed by atoms with E-state index in [1.54, 1.807) is 6.20 Å². The van der Waals surface area contributed by atoms with Crippen LogP contribution in [0, 0.1) is 0 Å². The summed E-state index contributed by atoms with van der Waals surface area (Å²) in [6, 6.07) is 6.19. The number of halogens is 1. The highest BCUT2D eigenvalue weighted by Crippen LogP contribution is 2.15. The summed E-state index contributed by atoms with van der Waals surface area (Å²) in [6.07, 6.45) is 5.50. The van der Waals surface area contributed by atoms with E-state index in [0.717, 1.165) is 41.2 Å². The molecule has 5 heteroatoms. The second-order valence-electron chi connectivity index (χ2n) is 4.44. The van der Waals surface area contributed by atoms with Crippen LogP contribution in [0.1, 0.15) is 19.4 Å². The van der Waals surface area contributed by atoms with Crippen molar-refractivity contribution in [2.24, 2.45) is 0 Å². The number of anilines is 2. The van der Waals surface area contributed by atoms with Crippen LogP contribution in [0.4, 0.5) is 11.5 Å². The minimum absolute atomic E-state index is 0.740. The maximum atomic E-state index is 4.51. The Morgan fingerprint density at radius 1 is 1.15 bits per heavy atom. The monoisotopic (exact) mass is 334 g/mol. The third-order valence-electron chi connectivity index (χ3n) is 3.10. The predicted octanol–water partition coefficient (Wildman–Crippen LogP) is 3.70. The van der Waals surface area contributed by atoms with Gasteiger partial charge in [0.15, 0.2) is 0 Å². The van der Waals surface area contributed by atoms with Gasteiger partial charge in [-0.3, -0.25) is 4.98 Å². The van der Waals surface area contributed by atoms with Crippen LogP contribution in [0.15, 0.2) is 41.3 Å². The average molecular weight is 335 g/mol. The topological polar surface area (TPSA) is 41.0 Å². The van der Waals surface area contributed by atoms with Crippen LogP contribution in [-0.2, 0) is 6.54 Å². The molecule has 0 saturated heterocycles. The third kappa shape index (κ3) is 3.93. The lowest BCUT2D eigenvalue weighted by Gasteiger charge is -2.19. The molecule has 0 aliphatic rings. The largest absolute Gasteiger partial charge is 0.380 e. The summed E-state index contributed by atoms with van der Waals surface area (Å²) in [5.41, 5.74) is 2.15. The molecule has 0 aliphatic heterocycles. The Bertz CT molecular complexity index is 538. The number of pyridine rings is 2. The first-order valence-electron chi connectivity index (χ1n) is 6.77. The maximum Gasteiger partial charge on any atom is 0.128 e. The van der Waals surface area contributed by atoms with Crippen molar-refractivity contribution in [1.29, 1.82) is 0 Å². The molecule has 1 N–H and O–H groups in total. The SMILES string of the molecule is CCN(CC)c1ccc(CNc2cncc(Br)c2)cn1. The van der Waals surface area contributed by atoms with Gasteiger partial charge in [0.25, 0.3) is 0 Å². The molecular formula is C15H19BrN4. The summed E-state index contributed by atoms with van der Waals surface area (Å²) in [4.78, 5) is 10.9. The van der Waals surface area contributed by atoms with E-state index in [1.165, 1.54) is 0 Å². The number of nitrogens with one attached hydrogen (secondary N) is 1. The smallest absolute Gasteiger partial charge is 0.128 e. The normalized spacial score (nSPS) is 10.3. The molecular weight excluding hydrogens is 316 g/mol. The van der Waals surface area contributed by atoms with E-state index in [9.17, 15) is 0 Å². The lowest BCUT2D eigenvalue weighted by molar-refractivity contribution is 0.844. The molecule has 0 aliphatic carbocycles. The zero-order chi connectivity index (χ0) is 14.4. The molecule has 2 aromatic heterocycles. The maximum absolute atomic E-state index is 4.51. The van der Waals surface area contributed by atoms with Crippen LogP contribution in [-0.4, -0.2) is 23.1 Å². The number of rotatable bonds is 6. The fourth-order valence-electron chi connectivity index (χ4n) is 1.97. The zero-order valence-electron chi connectivity index (χ0n) is 11.8. The van der Waals surface area contributed by atoms with Gasteiger partial charge in [-0.15, -0.1) is 0 Å². The van der Waals surface area contributed by atoms with Gasteiger partial charge >= 0.3 is 0 Å². The van der Waals surface area contributed by atoms with Gasteiger partial charge in [0, 0.05) is 36.5 Å². The van der Waals surface area contributed by atoms with Gasteiger partial charge in [0.1, 0.15) is 5.82 Å². The van der Waals surface area contributed by atoms with E-state index < -0.39 is 0 Å². The fraction of sp³-hybridized carbons (Fsp3) is 0.333. The van der Waals surface area contributed by atoms with Gasteiger partial charge < -0.3 is 10.2 Å². The van der Waals surface area contributed by atoms with Gasteiger partial charge in [0.05, 0.1) is 11.9 Å². The van der Waals surface area contributed by atoms with Crippen LogP contribution in [0.2, 0.25) is 0 Å². The number of hydrogen-bond donors (Lipinski definition) is 1. The van der Waals surface area contributed by atoms with Crippen molar-refractivity contribution < 1.29 is 0 Å². The van der Waals surface area contributed by atoms with Crippen molar-refractivity contribution in [3.8, 4) is 0 Å². The molecule has 4 nitrogen and oxygen atoms in total. The molecule has 0 amide bonds. The Morgan fingerprint density at radius 3 is 2.55 bits per heavy atom. The summed E-state index contributed by atoms with van der Waals surface area (Å²) < 4.78 is 0.970. The zero-order valence-corrected chi connectivity index (χ0v) is 13.4. The lowest BCUT2D eigenvalue weighted by Crippen LogP contribution is -2.22. The highest BCUT2D eigenvalue weighted by Gasteiger charge is 2.03. The molecule has 0 aromatic carbocycles. The minimum Gasteiger partial charge on any atom is -0.380 e. The van der Waals surface area contributed by atoms with Gasteiger partial charge in [0.2, 0.25) is 0 Å². The van der Waals surface area contributed by atoms with Gasteiger partial charge in [-0.2, -0.15) is 0 Å². The molecule has 0 bridgehead atoms. The lowest BCUT2D eigenvalue weighted by atomic mass is 10.2. The summed E-state index contributed by atoms with van der Waals surface area (Å²) in [7, 11) is 0. The van der Waals surface area contributed by atoms with Crippen molar-refractivity contribution in [2.75, 3.05) is 23.3 Å². The Labute approximate surface area is 128 Å². The second kappa shape index (κ2) is 7.24. The molecule has 0 unspecified atom stereocenters. The first-order valence-corrected chi connectivity index (χ1v) is 7.56. The molecule has 106 valence electrons. The molecule has 0 atom stereocenters. The summed E-state index contributed by atoms with van der Waals surface area (Å²) >= 11 is 3.41. The van der Waals surface area contributed by atoms with Crippen LogP contribution >= 0.6 is 15.9 Å². The summed E-state index contributed by atoms with van der Waals surface area (Å²) in [6.45, 7) is 6.97. The van der Waals surface area contributed by atoms with E-state index in [0.29, 0.717) is 0 Å². The van der Waals surface area contributed by atoms with Crippen LogP contribution < -0.4 is 10.2 Å². The first kappa shape index (κ1) is 14.8. The predicted molar refractivity (Wildman–Crippen MR) is 87.1 cm³/mol. The van der Waals surface area contributed by atoms with Crippen molar-refractivity contribution >= 4 is 27.4 Å².